The maximum absolute atomic E-state index is 12.2. The smallest absolute Gasteiger partial charge is 0.242 e. The van der Waals surface area contributed by atoms with Crippen LogP contribution in [0.3, 0.4) is 0 Å². The van der Waals surface area contributed by atoms with Crippen molar-refractivity contribution < 1.29 is 9.59 Å². The van der Waals surface area contributed by atoms with E-state index in [0.29, 0.717) is 42.0 Å². The van der Waals surface area contributed by atoms with Crippen LogP contribution in [0.1, 0.15) is 13.8 Å². The first kappa shape index (κ1) is 26.0. The number of hydrogen-bond acceptors (Lipinski definition) is 5. The second-order valence-corrected chi connectivity index (χ2v) is 7.16. The van der Waals surface area contributed by atoms with Gasteiger partial charge in [-0.15, -0.1) is 24.8 Å². The molecular weight excluding hydrogens is 436 g/mol. The van der Waals surface area contributed by atoms with Gasteiger partial charge in [0, 0.05) is 32.4 Å². The molecule has 3 N–H and O–H groups in total. The van der Waals surface area contributed by atoms with Gasteiger partial charge in [-0.1, -0.05) is 37.0 Å². The molecule has 2 amide bonds. The van der Waals surface area contributed by atoms with Crippen LogP contribution >= 0.6 is 48.0 Å². The molecule has 11 heteroatoms. The predicted molar refractivity (Wildman–Crippen MR) is 113 cm³/mol. The van der Waals surface area contributed by atoms with Gasteiger partial charge in [0.05, 0.1) is 22.6 Å². The van der Waals surface area contributed by atoms with Crippen LogP contribution in [-0.2, 0) is 9.59 Å². The van der Waals surface area contributed by atoms with Gasteiger partial charge in [0.2, 0.25) is 11.8 Å². The molecule has 0 unspecified atom stereocenters. The number of halogens is 4. The summed E-state index contributed by atoms with van der Waals surface area (Å²) in [7, 11) is 0. The molecule has 1 aliphatic heterocycles. The molecule has 0 spiro atoms. The van der Waals surface area contributed by atoms with Crippen LogP contribution in [0.5, 0.6) is 0 Å². The molecule has 0 aliphatic carbocycles. The third kappa shape index (κ3) is 7.16. The zero-order valence-electron chi connectivity index (χ0n) is 15.2. The largest absolute Gasteiger partial charge is 0.352 e. The Balaban J connectivity index is 0.00000338. The van der Waals surface area contributed by atoms with E-state index >= 15 is 0 Å². The first-order chi connectivity index (χ1) is 11.8. The molecule has 0 saturated carbocycles. The van der Waals surface area contributed by atoms with Gasteiger partial charge in [-0.2, -0.15) is 0 Å². The summed E-state index contributed by atoms with van der Waals surface area (Å²) in [6.07, 6.45) is 1.55. The summed E-state index contributed by atoms with van der Waals surface area (Å²) in [4.78, 5) is 32.0. The highest BCUT2D eigenvalue weighted by Crippen LogP contribution is 2.26. The SMILES string of the molecule is CC(C)[C@H](N)C(=O)NCC(=O)N1CCN(c2ncc(Cl)cc2Cl)CC1.Cl.Cl. The average Bonchev–Trinajstić information content (AvgIpc) is 2.58. The highest BCUT2D eigenvalue weighted by atomic mass is 35.5. The summed E-state index contributed by atoms with van der Waals surface area (Å²) >= 11 is 12.0. The molecule has 2 rings (SSSR count). The van der Waals surface area contributed by atoms with E-state index in [0.717, 1.165) is 0 Å². The van der Waals surface area contributed by atoms with Gasteiger partial charge in [-0.25, -0.2) is 4.98 Å². The molecule has 154 valence electrons. The topological polar surface area (TPSA) is 91.6 Å². The Morgan fingerprint density at radius 2 is 1.81 bits per heavy atom. The number of hydrogen-bond donors (Lipinski definition) is 2. The fourth-order valence-electron chi connectivity index (χ4n) is 2.50. The zero-order chi connectivity index (χ0) is 18.6. The lowest BCUT2D eigenvalue weighted by Crippen LogP contribution is -2.53. The molecule has 1 saturated heterocycles. The number of aromatic nitrogens is 1. The minimum Gasteiger partial charge on any atom is -0.352 e. The number of pyridine rings is 1. The Bertz CT molecular complexity index is 639. The van der Waals surface area contributed by atoms with Crippen LogP contribution in [0.4, 0.5) is 5.82 Å². The van der Waals surface area contributed by atoms with Crippen molar-refractivity contribution in [3.63, 3.8) is 0 Å². The van der Waals surface area contributed by atoms with E-state index in [-0.39, 0.29) is 49.1 Å². The fourth-order valence-corrected chi connectivity index (χ4v) is 3.00. The van der Waals surface area contributed by atoms with Gasteiger partial charge in [-0.05, 0) is 12.0 Å². The number of rotatable bonds is 5. The number of nitrogens with two attached hydrogens (primary N) is 1. The van der Waals surface area contributed by atoms with E-state index < -0.39 is 6.04 Å². The molecule has 7 nitrogen and oxygen atoms in total. The number of piperazine rings is 1. The van der Waals surface area contributed by atoms with E-state index in [4.69, 9.17) is 28.9 Å². The Hall–Kier alpha value is -0.990. The van der Waals surface area contributed by atoms with E-state index in [1.165, 1.54) is 0 Å². The third-order valence-corrected chi connectivity index (χ3v) is 4.64. The van der Waals surface area contributed by atoms with Crippen molar-refractivity contribution in [3.8, 4) is 0 Å². The van der Waals surface area contributed by atoms with Crippen molar-refractivity contribution in [1.82, 2.24) is 15.2 Å². The lowest BCUT2D eigenvalue weighted by atomic mass is 10.1. The van der Waals surface area contributed by atoms with Gasteiger partial charge >= 0.3 is 0 Å². The Labute approximate surface area is 181 Å². The Kier molecular flexibility index (Phi) is 11.3. The summed E-state index contributed by atoms with van der Waals surface area (Å²) in [5.74, 6) is 0.253. The van der Waals surface area contributed by atoms with Crippen molar-refractivity contribution in [2.45, 2.75) is 19.9 Å². The second-order valence-electron chi connectivity index (χ2n) is 6.31. The number of carbonyl (C=O) groups excluding carboxylic acids is 2. The van der Waals surface area contributed by atoms with Crippen LogP contribution in [0.25, 0.3) is 0 Å². The van der Waals surface area contributed by atoms with E-state index in [9.17, 15) is 9.59 Å². The van der Waals surface area contributed by atoms with Gasteiger partial charge in [-0.3, -0.25) is 9.59 Å². The molecule has 2 heterocycles. The average molecular weight is 461 g/mol. The summed E-state index contributed by atoms with van der Waals surface area (Å²) in [5.41, 5.74) is 5.76. The number of nitrogens with zero attached hydrogens (tertiary/aromatic N) is 3. The maximum Gasteiger partial charge on any atom is 0.242 e. The number of carbonyl (C=O) groups is 2. The summed E-state index contributed by atoms with van der Waals surface area (Å²) in [6, 6.07) is 1.04. The van der Waals surface area contributed by atoms with Gasteiger partial charge in [0.15, 0.2) is 0 Å². The second kappa shape index (κ2) is 11.8. The van der Waals surface area contributed by atoms with Crippen LogP contribution in [-0.4, -0.2) is 60.5 Å². The molecule has 1 atom stereocenters. The maximum atomic E-state index is 12.2. The number of nitrogens with one attached hydrogen (secondary N) is 1. The summed E-state index contributed by atoms with van der Waals surface area (Å²) < 4.78 is 0. The third-order valence-electron chi connectivity index (χ3n) is 4.16. The zero-order valence-corrected chi connectivity index (χ0v) is 18.3. The van der Waals surface area contributed by atoms with E-state index in [1.54, 1.807) is 17.2 Å². The molecule has 0 bridgehead atoms. The van der Waals surface area contributed by atoms with Crippen molar-refractivity contribution in [1.29, 1.82) is 0 Å². The quantitative estimate of drug-likeness (QED) is 0.700. The van der Waals surface area contributed by atoms with Crippen LogP contribution in [0.2, 0.25) is 10.0 Å². The molecule has 1 fully saturated rings. The van der Waals surface area contributed by atoms with Crippen molar-refractivity contribution >= 4 is 65.6 Å². The molecule has 0 radical (unpaired) electrons. The first-order valence-electron chi connectivity index (χ1n) is 8.16. The van der Waals surface area contributed by atoms with Crippen LogP contribution in [0, 0.1) is 5.92 Å². The normalized spacial score (nSPS) is 14.9. The highest BCUT2D eigenvalue weighted by Gasteiger charge is 2.24. The van der Waals surface area contributed by atoms with Crippen molar-refractivity contribution in [2.24, 2.45) is 11.7 Å². The molecular formula is C16H25Cl4N5O2. The number of amides is 2. The molecule has 1 aromatic heterocycles. The first-order valence-corrected chi connectivity index (χ1v) is 8.92. The molecule has 27 heavy (non-hydrogen) atoms. The lowest BCUT2D eigenvalue weighted by molar-refractivity contribution is -0.133. The van der Waals surface area contributed by atoms with Crippen LogP contribution in [0.15, 0.2) is 12.3 Å². The monoisotopic (exact) mass is 459 g/mol. The molecule has 0 aromatic carbocycles. The van der Waals surface area contributed by atoms with Crippen molar-refractivity contribution in [2.75, 3.05) is 37.6 Å². The number of anilines is 1. The Morgan fingerprint density at radius 3 is 2.33 bits per heavy atom. The minimum absolute atomic E-state index is 0. The predicted octanol–water partition coefficient (Wildman–Crippen LogP) is 1.98. The lowest BCUT2D eigenvalue weighted by Gasteiger charge is -2.35. The summed E-state index contributed by atoms with van der Waals surface area (Å²) in [5, 5.41) is 3.57. The van der Waals surface area contributed by atoms with Crippen molar-refractivity contribution in [3.05, 3.63) is 22.3 Å². The molecule has 1 aromatic rings. The highest BCUT2D eigenvalue weighted by molar-refractivity contribution is 6.36. The van der Waals surface area contributed by atoms with E-state index in [2.05, 4.69) is 10.3 Å². The Morgan fingerprint density at radius 1 is 1.22 bits per heavy atom. The van der Waals surface area contributed by atoms with Crippen LogP contribution < -0.4 is 16.0 Å². The van der Waals surface area contributed by atoms with Gasteiger partial charge in [0.25, 0.3) is 0 Å². The van der Waals surface area contributed by atoms with Gasteiger partial charge in [0.1, 0.15) is 5.82 Å². The molecule has 1 aliphatic rings. The minimum atomic E-state index is -0.609. The fraction of sp³-hybridized carbons (Fsp3) is 0.562. The van der Waals surface area contributed by atoms with E-state index in [1.807, 2.05) is 18.7 Å². The summed E-state index contributed by atoms with van der Waals surface area (Å²) in [6.45, 7) is 5.97. The standard InChI is InChI=1S/C16H23Cl2N5O2.2ClH/c1-10(2)14(19)16(25)21-9-13(24)22-3-5-23(6-4-22)15-12(18)7-11(17)8-20-15;;/h7-8,10,14H,3-6,9,19H2,1-2H3,(H,21,25);2*1H/t14-;;/m0../s1. The van der Waals surface area contributed by atoms with Gasteiger partial charge < -0.3 is 20.9 Å².